The van der Waals surface area contributed by atoms with Crippen molar-refractivity contribution in [3.05, 3.63) is 34.4 Å². The molecule has 0 unspecified atom stereocenters. The molecule has 6 heteroatoms. The predicted octanol–water partition coefficient (Wildman–Crippen LogP) is 4.57. The van der Waals surface area contributed by atoms with Crippen LogP contribution in [0.1, 0.15) is 44.2 Å². The molecule has 2 rings (SSSR count). The summed E-state index contributed by atoms with van der Waals surface area (Å²) in [6.45, 7) is 5.55. The second-order valence-electron chi connectivity index (χ2n) is 5.55. The van der Waals surface area contributed by atoms with Gasteiger partial charge in [-0.15, -0.1) is 12.4 Å². The molecule has 0 aliphatic carbocycles. The van der Waals surface area contributed by atoms with E-state index in [4.69, 9.17) is 11.6 Å². The summed E-state index contributed by atoms with van der Waals surface area (Å²) >= 11 is 6.07. The summed E-state index contributed by atoms with van der Waals surface area (Å²) in [7, 11) is 0. The lowest BCUT2D eigenvalue weighted by Crippen LogP contribution is -2.45. The molecule has 0 bridgehead atoms. The van der Waals surface area contributed by atoms with Gasteiger partial charge in [0.2, 0.25) is 0 Å². The van der Waals surface area contributed by atoms with Gasteiger partial charge in [-0.2, -0.15) is 0 Å². The first-order valence-electron chi connectivity index (χ1n) is 7.73. The maximum atomic E-state index is 14.3. The molecule has 2 nitrogen and oxygen atoms in total. The molecule has 126 valence electrons. The molecule has 1 atom stereocenters. The monoisotopic (exact) mass is 352 g/mol. The van der Waals surface area contributed by atoms with Crippen molar-refractivity contribution < 1.29 is 8.78 Å². The molecular formula is C16H24Cl2F2N2. The van der Waals surface area contributed by atoms with Crippen LogP contribution in [-0.2, 0) is 0 Å². The Bertz CT molecular complexity index is 466. The van der Waals surface area contributed by atoms with E-state index in [1.54, 1.807) is 0 Å². The highest BCUT2D eigenvalue weighted by Crippen LogP contribution is 2.35. The standard InChI is InChI=1S/C16H23ClF2N2.ClH/c1-2-3-4-5-14(21-10-8-20-9-11-21)15-12(18)6-7-13(19)16(15)17;/h6-7,14,20H,2-5,8-11H2,1H3;1H/t14-;/m0./s1. The Hall–Kier alpha value is -0.420. The molecule has 1 heterocycles. The minimum absolute atomic E-state index is 0. The summed E-state index contributed by atoms with van der Waals surface area (Å²) < 4.78 is 28.0. The van der Waals surface area contributed by atoms with Crippen molar-refractivity contribution in [2.24, 2.45) is 0 Å². The van der Waals surface area contributed by atoms with Crippen LogP contribution in [-0.4, -0.2) is 31.1 Å². The van der Waals surface area contributed by atoms with Crippen molar-refractivity contribution in [2.45, 2.75) is 38.6 Å². The quantitative estimate of drug-likeness (QED) is 0.596. The van der Waals surface area contributed by atoms with Crippen LogP contribution in [0.4, 0.5) is 8.78 Å². The summed E-state index contributed by atoms with van der Waals surface area (Å²) in [4.78, 5) is 2.22. The van der Waals surface area contributed by atoms with Gasteiger partial charge in [-0.05, 0) is 18.6 Å². The first kappa shape index (κ1) is 19.6. The van der Waals surface area contributed by atoms with Gasteiger partial charge in [-0.1, -0.05) is 37.8 Å². The van der Waals surface area contributed by atoms with E-state index < -0.39 is 11.6 Å². The van der Waals surface area contributed by atoms with Crippen LogP contribution in [0.15, 0.2) is 12.1 Å². The highest BCUT2D eigenvalue weighted by Gasteiger charge is 2.27. The van der Waals surface area contributed by atoms with Gasteiger partial charge in [0.25, 0.3) is 0 Å². The number of unbranched alkanes of at least 4 members (excludes halogenated alkanes) is 2. The number of piperazine rings is 1. The van der Waals surface area contributed by atoms with E-state index >= 15 is 0 Å². The lowest BCUT2D eigenvalue weighted by molar-refractivity contribution is 0.159. The van der Waals surface area contributed by atoms with Gasteiger partial charge in [0.1, 0.15) is 11.6 Å². The number of nitrogens with one attached hydrogen (secondary N) is 1. The molecule has 1 aromatic carbocycles. The van der Waals surface area contributed by atoms with Gasteiger partial charge < -0.3 is 5.32 Å². The van der Waals surface area contributed by atoms with Crippen LogP contribution in [0.2, 0.25) is 5.02 Å². The highest BCUT2D eigenvalue weighted by molar-refractivity contribution is 6.31. The zero-order valence-corrected chi connectivity index (χ0v) is 14.5. The van der Waals surface area contributed by atoms with Gasteiger partial charge in [0.05, 0.1) is 5.02 Å². The number of rotatable bonds is 6. The van der Waals surface area contributed by atoms with E-state index in [0.29, 0.717) is 5.56 Å². The maximum Gasteiger partial charge on any atom is 0.142 e. The fourth-order valence-electron chi connectivity index (χ4n) is 2.94. The van der Waals surface area contributed by atoms with Crippen molar-refractivity contribution >= 4 is 24.0 Å². The number of halogens is 4. The smallest absolute Gasteiger partial charge is 0.142 e. The molecule has 0 saturated carbocycles. The van der Waals surface area contributed by atoms with E-state index in [1.165, 1.54) is 6.07 Å². The van der Waals surface area contributed by atoms with Gasteiger partial charge in [0.15, 0.2) is 0 Å². The molecule has 0 radical (unpaired) electrons. The van der Waals surface area contributed by atoms with E-state index in [0.717, 1.165) is 57.9 Å². The lowest BCUT2D eigenvalue weighted by Gasteiger charge is -2.36. The first-order chi connectivity index (χ1) is 10.1. The zero-order chi connectivity index (χ0) is 15.2. The van der Waals surface area contributed by atoms with Gasteiger partial charge in [0, 0.05) is 37.8 Å². The van der Waals surface area contributed by atoms with Crippen LogP contribution in [0.5, 0.6) is 0 Å². The van der Waals surface area contributed by atoms with Crippen molar-refractivity contribution in [3.8, 4) is 0 Å². The number of benzene rings is 1. The Balaban J connectivity index is 0.00000242. The Morgan fingerprint density at radius 2 is 1.82 bits per heavy atom. The normalized spacial score (nSPS) is 17.1. The van der Waals surface area contributed by atoms with E-state index in [2.05, 4.69) is 17.1 Å². The summed E-state index contributed by atoms with van der Waals surface area (Å²) in [6, 6.07) is 2.15. The van der Waals surface area contributed by atoms with E-state index in [9.17, 15) is 8.78 Å². The molecule has 0 spiro atoms. The maximum absolute atomic E-state index is 14.3. The molecule has 1 aliphatic heterocycles. The highest BCUT2D eigenvalue weighted by atomic mass is 35.5. The summed E-state index contributed by atoms with van der Waals surface area (Å²) in [5, 5.41) is 3.23. The Labute approximate surface area is 142 Å². The van der Waals surface area contributed by atoms with Crippen molar-refractivity contribution in [2.75, 3.05) is 26.2 Å². The van der Waals surface area contributed by atoms with Crippen LogP contribution < -0.4 is 5.32 Å². The predicted molar refractivity (Wildman–Crippen MR) is 89.9 cm³/mol. The fraction of sp³-hybridized carbons (Fsp3) is 0.625. The topological polar surface area (TPSA) is 15.3 Å². The molecule has 1 N–H and O–H groups in total. The number of hydrogen-bond donors (Lipinski definition) is 1. The Morgan fingerprint density at radius 1 is 1.18 bits per heavy atom. The zero-order valence-electron chi connectivity index (χ0n) is 12.9. The van der Waals surface area contributed by atoms with Gasteiger partial charge in [-0.25, -0.2) is 8.78 Å². The van der Waals surface area contributed by atoms with Crippen LogP contribution >= 0.6 is 24.0 Å². The molecular weight excluding hydrogens is 329 g/mol. The second-order valence-corrected chi connectivity index (χ2v) is 5.93. The third-order valence-corrected chi connectivity index (χ3v) is 4.47. The Morgan fingerprint density at radius 3 is 2.45 bits per heavy atom. The van der Waals surface area contributed by atoms with E-state index in [1.807, 2.05) is 0 Å². The molecule has 1 aromatic rings. The SMILES string of the molecule is CCCCC[C@@H](c1c(F)ccc(F)c1Cl)N1CCNCC1.Cl. The average Bonchev–Trinajstić information content (AvgIpc) is 2.51. The molecule has 1 fully saturated rings. The minimum atomic E-state index is -0.538. The lowest BCUT2D eigenvalue weighted by atomic mass is 9.97. The van der Waals surface area contributed by atoms with Crippen molar-refractivity contribution in [1.29, 1.82) is 0 Å². The van der Waals surface area contributed by atoms with Gasteiger partial charge >= 0.3 is 0 Å². The molecule has 1 saturated heterocycles. The van der Waals surface area contributed by atoms with Crippen LogP contribution in [0, 0.1) is 11.6 Å². The third-order valence-electron chi connectivity index (χ3n) is 4.09. The molecule has 22 heavy (non-hydrogen) atoms. The second kappa shape index (κ2) is 9.66. The molecule has 0 amide bonds. The van der Waals surface area contributed by atoms with Crippen LogP contribution in [0.3, 0.4) is 0 Å². The summed E-state index contributed by atoms with van der Waals surface area (Å²) in [5.41, 5.74) is 0.328. The molecule has 0 aromatic heterocycles. The fourth-order valence-corrected chi connectivity index (χ4v) is 3.22. The van der Waals surface area contributed by atoms with Crippen molar-refractivity contribution in [3.63, 3.8) is 0 Å². The van der Waals surface area contributed by atoms with Gasteiger partial charge in [-0.3, -0.25) is 4.90 Å². The summed E-state index contributed by atoms with van der Waals surface area (Å²) in [6.07, 6.45) is 4.01. The largest absolute Gasteiger partial charge is 0.314 e. The minimum Gasteiger partial charge on any atom is -0.314 e. The first-order valence-corrected chi connectivity index (χ1v) is 8.11. The van der Waals surface area contributed by atoms with Crippen molar-refractivity contribution in [1.82, 2.24) is 10.2 Å². The molecule has 1 aliphatic rings. The van der Waals surface area contributed by atoms with E-state index in [-0.39, 0.29) is 23.5 Å². The number of hydrogen-bond acceptors (Lipinski definition) is 2. The summed E-state index contributed by atoms with van der Waals surface area (Å²) in [5.74, 6) is -0.940. The third kappa shape index (κ3) is 4.79. The van der Waals surface area contributed by atoms with Crippen LogP contribution in [0.25, 0.3) is 0 Å². The Kier molecular flexibility index (Phi) is 8.62. The average molecular weight is 353 g/mol. The number of nitrogens with zero attached hydrogens (tertiary/aromatic N) is 1.